The monoisotopic (exact) mass is 259 g/mol. The van der Waals surface area contributed by atoms with Gasteiger partial charge in [0.25, 0.3) is 0 Å². The van der Waals surface area contributed by atoms with Crippen molar-refractivity contribution in [1.29, 1.82) is 0 Å². The topological polar surface area (TPSA) is 66.4 Å². The molecule has 1 rings (SSSR count). The number of hydrogen-bond donors (Lipinski definition) is 2. The zero-order valence-corrected chi connectivity index (χ0v) is 10.6. The van der Waals surface area contributed by atoms with Gasteiger partial charge in [0.15, 0.2) is 0 Å². The molecule has 96 valence electrons. The van der Waals surface area contributed by atoms with E-state index in [4.69, 9.17) is 16.7 Å². The highest BCUT2D eigenvalue weighted by Crippen LogP contribution is 2.43. The van der Waals surface area contributed by atoms with Crippen molar-refractivity contribution in [3.63, 3.8) is 0 Å². The second-order valence-electron chi connectivity index (χ2n) is 4.75. The summed E-state index contributed by atoms with van der Waals surface area (Å²) in [5.74, 6) is -0.976. The minimum Gasteiger partial charge on any atom is -0.481 e. The van der Waals surface area contributed by atoms with E-state index in [0.29, 0.717) is 5.03 Å². The lowest BCUT2D eigenvalue weighted by Crippen LogP contribution is -2.32. The van der Waals surface area contributed by atoms with Gasteiger partial charge in [0.1, 0.15) is 0 Å². The van der Waals surface area contributed by atoms with E-state index >= 15 is 0 Å². The molecule has 2 N–H and O–H groups in total. The molecule has 0 aliphatic heterocycles. The zero-order valence-electron chi connectivity index (χ0n) is 9.80. The van der Waals surface area contributed by atoms with Crippen LogP contribution in [0.5, 0.6) is 0 Å². The fourth-order valence-corrected chi connectivity index (χ4v) is 2.53. The fourth-order valence-electron chi connectivity index (χ4n) is 2.46. The van der Waals surface area contributed by atoms with E-state index < -0.39 is 5.97 Å². The Kier molecular flexibility index (Phi) is 5.00. The summed E-state index contributed by atoms with van der Waals surface area (Å²) in [6, 6.07) is 0. The van der Waals surface area contributed by atoms with Crippen molar-refractivity contribution in [2.45, 2.75) is 38.5 Å². The van der Waals surface area contributed by atoms with Crippen LogP contribution >= 0.6 is 11.6 Å². The van der Waals surface area contributed by atoms with Gasteiger partial charge in [-0.25, -0.2) is 0 Å². The first-order chi connectivity index (χ1) is 7.93. The van der Waals surface area contributed by atoms with Crippen molar-refractivity contribution in [3.05, 3.63) is 11.6 Å². The predicted molar refractivity (Wildman–Crippen MR) is 65.8 cm³/mol. The van der Waals surface area contributed by atoms with Crippen molar-refractivity contribution < 1.29 is 14.7 Å². The number of carboxylic acid groups (broad SMARTS) is 1. The molecule has 0 aromatic carbocycles. The number of halogens is 1. The molecule has 1 amide bonds. The summed E-state index contributed by atoms with van der Waals surface area (Å²) in [5.41, 5.74) is -0.358. The van der Waals surface area contributed by atoms with E-state index in [-0.39, 0.29) is 30.7 Å². The standard InChI is InChI=1S/C12H18ClNO3/c1-9(13)8-14-10(15)6-12(7-11(16)17)4-2-3-5-12/h1-8H2,(H,14,15)(H,16,17). The minimum absolute atomic E-state index is 0.0717. The second kappa shape index (κ2) is 6.05. The number of carbonyl (C=O) groups is 2. The summed E-state index contributed by atoms with van der Waals surface area (Å²) >= 11 is 5.55. The van der Waals surface area contributed by atoms with Gasteiger partial charge in [-0.05, 0) is 18.3 Å². The summed E-state index contributed by atoms with van der Waals surface area (Å²) in [4.78, 5) is 22.5. The van der Waals surface area contributed by atoms with Crippen LogP contribution in [0.1, 0.15) is 38.5 Å². The number of hydrogen-bond acceptors (Lipinski definition) is 2. The van der Waals surface area contributed by atoms with Crippen molar-refractivity contribution in [2.24, 2.45) is 5.41 Å². The van der Waals surface area contributed by atoms with Gasteiger partial charge < -0.3 is 10.4 Å². The van der Waals surface area contributed by atoms with Crippen LogP contribution in [0.4, 0.5) is 0 Å². The lowest BCUT2D eigenvalue weighted by Gasteiger charge is -2.26. The van der Waals surface area contributed by atoms with E-state index in [1.807, 2.05) is 0 Å². The molecule has 5 heteroatoms. The van der Waals surface area contributed by atoms with Crippen LogP contribution in [0.15, 0.2) is 11.6 Å². The molecule has 0 radical (unpaired) electrons. The van der Waals surface area contributed by atoms with Crippen molar-refractivity contribution in [2.75, 3.05) is 6.54 Å². The lowest BCUT2D eigenvalue weighted by atomic mass is 9.79. The number of amides is 1. The molecule has 0 aromatic heterocycles. The molecule has 17 heavy (non-hydrogen) atoms. The molecule has 0 bridgehead atoms. The normalized spacial score (nSPS) is 17.7. The van der Waals surface area contributed by atoms with Gasteiger partial charge >= 0.3 is 5.97 Å². The number of aliphatic carboxylic acids is 1. The maximum absolute atomic E-state index is 11.7. The van der Waals surface area contributed by atoms with E-state index in [2.05, 4.69) is 11.9 Å². The molecule has 1 fully saturated rings. The Hall–Kier alpha value is -1.03. The third-order valence-corrected chi connectivity index (χ3v) is 3.34. The Morgan fingerprint density at radius 2 is 1.88 bits per heavy atom. The molecule has 1 aliphatic carbocycles. The smallest absolute Gasteiger partial charge is 0.303 e. The Balaban J connectivity index is 2.51. The first-order valence-corrected chi connectivity index (χ1v) is 6.13. The third-order valence-electron chi connectivity index (χ3n) is 3.20. The lowest BCUT2D eigenvalue weighted by molar-refractivity contribution is -0.140. The third kappa shape index (κ3) is 4.77. The number of carboxylic acids is 1. The Labute approximate surface area is 106 Å². The molecule has 4 nitrogen and oxygen atoms in total. The molecular weight excluding hydrogens is 242 g/mol. The second-order valence-corrected chi connectivity index (χ2v) is 5.28. The fraction of sp³-hybridized carbons (Fsp3) is 0.667. The summed E-state index contributed by atoms with van der Waals surface area (Å²) in [5, 5.41) is 11.9. The van der Waals surface area contributed by atoms with Gasteiger partial charge in [-0.3, -0.25) is 9.59 Å². The van der Waals surface area contributed by atoms with Gasteiger partial charge in [0.05, 0.1) is 13.0 Å². The summed E-state index contributed by atoms with van der Waals surface area (Å²) < 4.78 is 0. The van der Waals surface area contributed by atoms with Crippen LogP contribution in [0.2, 0.25) is 0 Å². The van der Waals surface area contributed by atoms with E-state index in [1.165, 1.54) is 0 Å². The molecule has 0 aromatic rings. The van der Waals surface area contributed by atoms with Crippen LogP contribution in [-0.4, -0.2) is 23.5 Å². The first-order valence-electron chi connectivity index (χ1n) is 5.75. The maximum Gasteiger partial charge on any atom is 0.303 e. The summed E-state index contributed by atoms with van der Waals surface area (Å²) in [7, 11) is 0. The molecule has 0 saturated heterocycles. The highest BCUT2D eigenvalue weighted by atomic mass is 35.5. The van der Waals surface area contributed by atoms with Crippen molar-refractivity contribution in [1.82, 2.24) is 5.32 Å². The van der Waals surface area contributed by atoms with Gasteiger partial charge in [-0.15, -0.1) is 0 Å². The molecule has 1 saturated carbocycles. The molecular formula is C12H18ClNO3. The number of rotatable bonds is 6. The van der Waals surface area contributed by atoms with Crippen molar-refractivity contribution in [3.8, 4) is 0 Å². The first kappa shape index (κ1) is 14.0. The molecule has 0 spiro atoms. The molecule has 1 aliphatic rings. The van der Waals surface area contributed by atoms with E-state index in [0.717, 1.165) is 25.7 Å². The van der Waals surface area contributed by atoms with E-state index in [1.54, 1.807) is 0 Å². The quantitative estimate of drug-likeness (QED) is 0.769. The van der Waals surface area contributed by atoms with Crippen LogP contribution < -0.4 is 5.32 Å². The van der Waals surface area contributed by atoms with Gasteiger partial charge in [-0.1, -0.05) is 31.0 Å². The van der Waals surface area contributed by atoms with Crippen LogP contribution in [0.25, 0.3) is 0 Å². The van der Waals surface area contributed by atoms with Crippen LogP contribution in [0.3, 0.4) is 0 Å². The minimum atomic E-state index is -0.832. The SMILES string of the molecule is C=C(Cl)CNC(=O)CC1(CC(=O)O)CCCC1. The summed E-state index contributed by atoms with van der Waals surface area (Å²) in [6.45, 7) is 3.72. The maximum atomic E-state index is 11.7. The number of carbonyl (C=O) groups excluding carboxylic acids is 1. The highest BCUT2D eigenvalue weighted by molar-refractivity contribution is 6.29. The van der Waals surface area contributed by atoms with Crippen molar-refractivity contribution >= 4 is 23.5 Å². The zero-order chi connectivity index (χ0) is 12.9. The number of nitrogens with one attached hydrogen (secondary N) is 1. The predicted octanol–water partition coefficient (Wildman–Crippen LogP) is 2.28. The Bertz CT molecular complexity index is 322. The van der Waals surface area contributed by atoms with Gasteiger partial charge in [0.2, 0.25) is 5.91 Å². The largest absolute Gasteiger partial charge is 0.481 e. The van der Waals surface area contributed by atoms with Crippen LogP contribution in [0, 0.1) is 5.41 Å². The van der Waals surface area contributed by atoms with Crippen LogP contribution in [-0.2, 0) is 9.59 Å². The molecule has 0 atom stereocenters. The molecule has 0 unspecified atom stereocenters. The average molecular weight is 260 g/mol. The van der Waals surface area contributed by atoms with Gasteiger partial charge in [0, 0.05) is 11.5 Å². The summed E-state index contributed by atoms with van der Waals surface area (Å²) in [6.07, 6.45) is 3.97. The van der Waals surface area contributed by atoms with E-state index in [9.17, 15) is 9.59 Å². The average Bonchev–Trinajstić information content (AvgIpc) is 2.62. The van der Waals surface area contributed by atoms with Gasteiger partial charge in [-0.2, -0.15) is 0 Å². The Morgan fingerprint density at radius 1 is 1.29 bits per heavy atom. The molecule has 0 heterocycles. The highest BCUT2D eigenvalue weighted by Gasteiger charge is 2.37. The Morgan fingerprint density at radius 3 is 2.35 bits per heavy atom.